The molecule has 1 aromatic carbocycles. The molecule has 0 aliphatic carbocycles. The fourth-order valence-electron chi connectivity index (χ4n) is 3.98. The van der Waals surface area contributed by atoms with Gasteiger partial charge < -0.3 is 25.6 Å². The highest BCUT2D eigenvalue weighted by Crippen LogP contribution is 2.31. The van der Waals surface area contributed by atoms with Gasteiger partial charge in [-0.15, -0.1) is 0 Å². The Morgan fingerprint density at radius 3 is 2.09 bits per heavy atom. The van der Waals surface area contributed by atoms with Crippen LogP contribution in [0.25, 0.3) is 0 Å². The molecule has 0 aliphatic rings. The number of aromatic hydroxyl groups is 2. The first-order valence-corrected chi connectivity index (χ1v) is 11.9. The summed E-state index contributed by atoms with van der Waals surface area (Å²) < 4.78 is 5.36. The summed E-state index contributed by atoms with van der Waals surface area (Å²) in [4.78, 5) is 41.4. The predicted molar refractivity (Wildman–Crippen MR) is 132 cm³/mol. The van der Waals surface area contributed by atoms with Gasteiger partial charge in [-0.25, -0.2) is 4.79 Å². The molecule has 9 nitrogen and oxygen atoms in total. The largest absolute Gasteiger partial charge is 0.494 e. The highest BCUT2D eigenvalue weighted by molar-refractivity contribution is 6.05. The highest BCUT2D eigenvalue weighted by Gasteiger charge is 2.33. The molecular weight excluding hydrogens is 450 g/mol. The van der Waals surface area contributed by atoms with Crippen LogP contribution in [0.3, 0.4) is 0 Å². The van der Waals surface area contributed by atoms with E-state index in [4.69, 9.17) is 4.74 Å². The zero-order chi connectivity index (χ0) is 26.3. The minimum atomic E-state index is -0.921. The molecule has 0 spiro atoms. The number of rotatable bonds is 10. The molecule has 0 radical (unpaired) electrons. The number of aromatic nitrogens is 1. The van der Waals surface area contributed by atoms with Crippen molar-refractivity contribution in [3.63, 3.8) is 0 Å². The lowest BCUT2D eigenvalue weighted by Crippen LogP contribution is -2.47. The molecule has 0 saturated heterocycles. The fourth-order valence-corrected chi connectivity index (χ4v) is 3.98. The molecule has 5 N–H and O–H groups in total. The van der Waals surface area contributed by atoms with Crippen LogP contribution in [0.4, 0.5) is 4.79 Å². The van der Waals surface area contributed by atoms with E-state index in [1.807, 2.05) is 19.9 Å². The maximum atomic E-state index is 13.4. The van der Waals surface area contributed by atoms with Crippen molar-refractivity contribution in [3.8, 4) is 11.8 Å². The quantitative estimate of drug-likeness (QED) is 0.313. The van der Waals surface area contributed by atoms with Crippen molar-refractivity contribution in [1.29, 1.82) is 0 Å². The van der Waals surface area contributed by atoms with E-state index in [-0.39, 0.29) is 29.3 Å². The molecule has 2 atom stereocenters. The Morgan fingerprint density at radius 1 is 1.00 bits per heavy atom. The van der Waals surface area contributed by atoms with E-state index in [1.165, 1.54) is 6.92 Å². The third-order valence-electron chi connectivity index (χ3n) is 5.85. The summed E-state index contributed by atoms with van der Waals surface area (Å²) in [6.07, 6.45) is 0.440. The molecular formula is C26H37N3O6. The zero-order valence-electron chi connectivity index (χ0n) is 21.3. The third kappa shape index (κ3) is 7.50. The molecule has 0 saturated carbocycles. The number of amides is 2. The Balaban J connectivity index is 2.28. The maximum Gasteiger partial charge on any atom is 0.408 e. The lowest BCUT2D eigenvalue weighted by Gasteiger charge is -2.27. The van der Waals surface area contributed by atoms with Gasteiger partial charge in [0.15, 0.2) is 11.7 Å². The Hall–Kier alpha value is -3.49. The number of hydrogen-bond acceptors (Lipinski definition) is 6. The normalized spacial score (nSPS) is 13.2. The van der Waals surface area contributed by atoms with E-state index < -0.39 is 41.3 Å². The van der Waals surface area contributed by atoms with E-state index in [2.05, 4.69) is 15.6 Å². The molecule has 1 heterocycles. The summed E-state index contributed by atoms with van der Waals surface area (Å²) >= 11 is 0. The van der Waals surface area contributed by atoms with Crippen LogP contribution < -0.4 is 10.6 Å². The van der Waals surface area contributed by atoms with Gasteiger partial charge in [0.1, 0.15) is 5.60 Å². The van der Waals surface area contributed by atoms with E-state index in [9.17, 15) is 24.6 Å². The van der Waals surface area contributed by atoms with Gasteiger partial charge in [-0.2, -0.15) is 0 Å². The lowest BCUT2D eigenvalue weighted by atomic mass is 9.87. The van der Waals surface area contributed by atoms with Crippen LogP contribution in [0.1, 0.15) is 81.4 Å². The van der Waals surface area contributed by atoms with E-state index >= 15 is 0 Å². The van der Waals surface area contributed by atoms with Gasteiger partial charge >= 0.3 is 6.09 Å². The monoisotopic (exact) mass is 487 g/mol. The van der Waals surface area contributed by atoms with E-state index in [1.54, 1.807) is 45.0 Å². The molecule has 1 aromatic heterocycles. The lowest BCUT2D eigenvalue weighted by molar-refractivity contribution is -0.122. The van der Waals surface area contributed by atoms with Crippen molar-refractivity contribution >= 4 is 17.8 Å². The van der Waals surface area contributed by atoms with Crippen molar-refractivity contribution in [2.45, 2.75) is 78.5 Å². The number of carbonyl (C=O) groups excluding carboxylic acids is 3. The molecule has 1 unspecified atom stereocenters. The van der Waals surface area contributed by atoms with Gasteiger partial charge in [0, 0.05) is 5.56 Å². The van der Waals surface area contributed by atoms with Crippen LogP contribution in [0.15, 0.2) is 30.3 Å². The number of benzene rings is 1. The maximum absolute atomic E-state index is 13.4. The molecule has 0 fully saturated rings. The molecule has 2 rings (SSSR count). The van der Waals surface area contributed by atoms with Crippen molar-refractivity contribution in [2.24, 2.45) is 5.92 Å². The van der Waals surface area contributed by atoms with Crippen molar-refractivity contribution in [3.05, 3.63) is 47.0 Å². The number of H-pyrrole nitrogens is 1. The summed E-state index contributed by atoms with van der Waals surface area (Å²) in [7, 11) is 0. The predicted octanol–water partition coefficient (Wildman–Crippen LogP) is 4.49. The van der Waals surface area contributed by atoms with Crippen LogP contribution in [-0.2, 0) is 9.53 Å². The zero-order valence-corrected chi connectivity index (χ0v) is 21.3. The summed E-state index contributed by atoms with van der Waals surface area (Å²) in [6.45, 7) is 10.6. The highest BCUT2D eigenvalue weighted by atomic mass is 16.6. The van der Waals surface area contributed by atoms with Crippen molar-refractivity contribution < 1.29 is 29.3 Å². The van der Waals surface area contributed by atoms with Gasteiger partial charge in [0.2, 0.25) is 11.8 Å². The summed E-state index contributed by atoms with van der Waals surface area (Å²) in [5.74, 6) is -1.88. The number of nitrogens with one attached hydrogen (secondary N) is 3. The molecule has 2 amide bonds. The Kier molecular flexibility index (Phi) is 9.33. The second-order valence-corrected chi connectivity index (χ2v) is 9.62. The number of carbonyl (C=O) groups is 3. The summed E-state index contributed by atoms with van der Waals surface area (Å²) in [5.41, 5.74) is 0.170. The molecule has 2 aromatic rings. The summed E-state index contributed by atoms with van der Waals surface area (Å²) in [5, 5.41) is 25.6. The average Bonchev–Trinajstić information content (AvgIpc) is 3.03. The van der Waals surface area contributed by atoms with Gasteiger partial charge in [0.25, 0.3) is 0 Å². The smallest absolute Gasteiger partial charge is 0.408 e. The van der Waals surface area contributed by atoms with E-state index in [0.717, 1.165) is 0 Å². The van der Waals surface area contributed by atoms with Crippen LogP contribution >= 0.6 is 0 Å². The van der Waals surface area contributed by atoms with Gasteiger partial charge in [-0.3, -0.25) is 14.6 Å². The van der Waals surface area contributed by atoms with Crippen LogP contribution in [-0.4, -0.2) is 44.6 Å². The minimum absolute atomic E-state index is 0.0498. The average molecular weight is 488 g/mol. The number of Topliss-reactive ketones (excluding diaryl/α,β-unsaturated/α-hetero) is 1. The van der Waals surface area contributed by atoms with Gasteiger partial charge in [0.05, 0.1) is 24.1 Å². The van der Waals surface area contributed by atoms with Crippen molar-refractivity contribution in [1.82, 2.24) is 15.6 Å². The van der Waals surface area contributed by atoms with Crippen LogP contribution in [0.5, 0.6) is 11.8 Å². The molecule has 0 aliphatic heterocycles. The molecule has 192 valence electrons. The van der Waals surface area contributed by atoms with Crippen molar-refractivity contribution in [2.75, 3.05) is 0 Å². The number of aromatic amines is 1. The number of hydrogen-bond donors (Lipinski definition) is 5. The van der Waals surface area contributed by atoms with Crippen LogP contribution in [0, 0.1) is 12.8 Å². The number of ether oxygens (including phenoxy) is 1. The second-order valence-electron chi connectivity index (χ2n) is 9.62. The fraction of sp³-hybridized carbons (Fsp3) is 0.500. The first-order valence-electron chi connectivity index (χ1n) is 11.9. The topological polar surface area (TPSA) is 141 Å². The standard InChI is InChI=1S/C26H37N3O6/c1-7-16(8-2)21(22(31)20-15(3)23(32)29-24(20)33)28-19(30)14-18(17-12-10-9-11-13-17)27-25(34)35-26(4,5)6/h9-13,16,18,21,29,32-33H,7-8,14H2,1-6H3,(H,27,34)(H,28,30)/t18-,21?/m0/s1. The SMILES string of the molecule is CCC(CC)C(NC(=O)C[C@H](NC(=O)OC(C)(C)C)c1ccccc1)C(=O)c1c(O)[nH]c(O)c1C. The third-order valence-corrected chi connectivity index (χ3v) is 5.85. The number of ketones is 1. The minimum Gasteiger partial charge on any atom is -0.494 e. The molecule has 9 heteroatoms. The number of alkyl carbamates (subject to hydrolysis) is 1. The molecule has 0 bridgehead atoms. The first kappa shape index (κ1) is 27.8. The Bertz CT molecular complexity index is 1020. The second kappa shape index (κ2) is 11.8. The van der Waals surface area contributed by atoms with E-state index in [0.29, 0.717) is 18.4 Å². The molecule has 35 heavy (non-hydrogen) atoms. The summed E-state index contributed by atoms with van der Waals surface area (Å²) in [6, 6.07) is 7.42. The van der Waals surface area contributed by atoms with Gasteiger partial charge in [-0.05, 0) is 39.2 Å². The Morgan fingerprint density at radius 2 is 1.60 bits per heavy atom. The Labute approximate surface area is 206 Å². The van der Waals surface area contributed by atoms with Crippen LogP contribution in [0.2, 0.25) is 0 Å². The van der Waals surface area contributed by atoms with Gasteiger partial charge in [-0.1, -0.05) is 57.0 Å². The first-order chi connectivity index (χ1) is 16.4.